The molecule has 0 aliphatic carbocycles. The van der Waals surface area contributed by atoms with Gasteiger partial charge in [-0.3, -0.25) is 9.80 Å². The van der Waals surface area contributed by atoms with Crippen LogP contribution < -0.4 is 10.2 Å². The maximum absolute atomic E-state index is 14.1. The Kier molecular flexibility index (Phi) is 6.32. The summed E-state index contributed by atoms with van der Waals surface area (Å²) in [6, 6.07) is 16.8. The van der Waals surface area contributed by atoms with Crippen molar-refractivity contribution in [2.45, 2.75) is 71.6 Å². The van der Waals surface area contributed by atoms with E-state index in [1.807, 2.05) is 6.07 Å². The van der Waals surface area contributed by atoms with Crippen LogP contribution in [0.25, 0.3) is 0 Å². The molecular weight excluding hydrogens is 415 g/mol. The Morgan fingerprint density at radius 3 is 2.55 bits per heavy atom. The number of halogens is 1. The van der Waals surface area contributed by atoms with Crippen molar-refractivity contribution < 1.29 is 9.18 Å². The van der Waals surface area contributed by atoms with Crippen LogP contribution in [0.2, 0.25) is 0 Å². The first-order chi connectivity index (χ1) is 15.6. The Morgan fingerprint density at radius 1 is 1.18 bits per heavy atom. The number of likely N-dealkylation sites (tertiary alicyclic amines) is 1. The van der Waals surface area contributed by atoms with Crippen LogP contribution in [0.5, 0.6) is 0 Å². The van der Waals surface area contributed by atoms with E-state index < -0.39 is 5.54 Å². The lowest BCUT2D eigenvalue weighted by Gasteiger charge is -2.49. The summed E-state index contributed by atoms with van der Waals surface area (Å²) in [4.78, 5) is 21.9. The van der Waals surface area contributed by atoms with Gasteiger partial charge in [-0.15, -0.1) is 0 Å². The normalized spacial score (nSPS) is 24.8. The van der Waals surface area contributed by atoms with E-state index in [9.17, 15) is 9.18 Å². The predicted octanol–water partition coefficient (Wildman–Crippen LogP) is 5.61. The molecule has 0 aromatic heterocycles. The molecule has 0 radical (unpaired) electrons. The van der Waals surface area contributed by atoms with E-state index in [4.69, 9.17) is 0 Å². The second kappa shape index (κ2) is 8.90. The largest absolute Gasteiger partial charge is 0.368 e. The molecule has 0 bridgehead atoms. The zero-order chi connectivity index (χ0) is 23.8. The summed E-state index contributed by atoms with van der Waals surface area (Å²) < 4.78 is 14.1. The molecule has 2 heterocycles. The number of hydrogen-bond donors (Lipinski definition) is 1. The second-order valence-electron chi connectivity index (χ2n) is 10.6. The van der Waals surface area contributed by atoms with E-state index in [1.54, 1.807) is 17.0 Å². The number of urea groups is 1. The molecule has 6 heteroatoms. The van der Waals surface area contributed by atoms with Crippen LogP contribution in [0.1, 0.15) is 53.0 Å². The molecule has 4 rings (SSSR count). The highest BCUT2D eigenvalue weighted by molar-refractivity contribution is 6.16. The first-order valence-electron chi connectivity index (χ1n) is 11.8. The fraction of sp³-hybridized carbons (Fsp3) is 0.481. The highest BCUT2D eigenvalue weighted by Crippen LogP contribution is 2.41. The summed E-state index contributed by atoms with van der Waals surface area (Å²) in [5.74, 6) is 0.361. The first kappa shape index (κ1) is 23.4. The quantitative estimate of drug-likeness (QED) is 0.658. The molecule has 3 atom stereocenters. The Balaban J connectivity index is 1.66. The lowest BCUT2D eigenvalue weighted by molar-refractivity contribution is 0.121. The van der Waals surface area contributed by atoms with Gasteiger partial charge in [0.05, 0.1) is 0 Å². The van der Waals surface area contributed by atoms with Crippen molar-refractivity contribution in [2.75, 3.05) is 11.4 Å². The van der Waals surface area contributed by atoms with Gasteiger partial charge in [-0.25, -0.2) is 9.18 Å². The molecule has 1 saturated heterocycles. The number of piperidine rings is 1. The highest BCUT2D eigenvalue weighted by Gasteiger charge is 2.54. The third-order valence-electron chi connectivity index (χ3n) is 7.28. The minimum atomic E-state index is -0.614. The number of nitrogens with one attached hydrogen (secondary N) is 1. The minimum absolute atomic E-state index is 0.00133. The molecule has 2 aliphatic rings. The Hall–Kier alpha value is -2.73. The smallest absolute Gasteiger partial charge is 0.350 e. The number of amidine groups is 1. The fourth-order valence-electron chi connectivity index (χ4n) is 4.84. The highest BCUT2D eigenvalue weighted by atomic mass is 19.1. The van der Waals surface area contributed by atoms with E-state index in [2.05, 4.69) is 74.1 Å². The Labute approximate surface area is 196 Å². The number of rotatable bonds is 4. The third kappa shape index (κ3) is 4.67. The van der Waals surface area contributed by atoms with E-state index in [1.165, 1.54) is 17.7 Å². The van der Waals surface area contributed by atoms with Crippen molar-refractivity contribution in [3.63, 3.8) is 0 Å². The van der Waals surface area contributed by atoms with Gasteiger partial charge in [-0.05, 0) is 55.9 Å². The minimum Gasteiger partial charge on any atom is -0.368 e. The van der Waals surface area contributed by atoms with Crippen LogP contribution in [0, 0.1) is 11.2 Å². The van der Waals surface area contributed by atoms with Crippen LogP contribution in [-0.2, 0) is 6.54 Å². The zero-order valence-corrected chi connectivity index (χ0v) is 20.3. The van der Waals surface area contributed by atoms with Gasteiger partial charge in [0.15, 0.2) is 0 Å². The topological polar surface area (TPSA) is 47.9 Å². The van der Waals surface area contributed by atoms with Crippen LogP contribution in [0.4, 0.5) is 14.9 Å². The van der Waals surface area contributed by atoms with Crippen molar-refractivity contribution in [1.82, 2.24) is 10.2 Å². The third-order valence-corrected chi connectivity index (χ3v) is 7.28. The molecule has 176 valence electrons. The van der Waals surface area contributed by atoms with Crippen molar-refractivity contribution in [3.8, 4) is 0 Å². The number of amides is 2. The summed E-state index contributed by atoms with van der Waals surface area (Å²) in [6.45, 7) is 12.5. The summed E-state index contributed by atoms with van der Waals surface area (Å²) in [5.41, 5.74) is 1.22. The van der Waals surface area contributed by atoms with Gasteiger partial charge in [0.2, 0.25) is 0 Å². The lowest BCUT2D eigenvalue weighted by Crippen LogP contribution is -2.64. The molecular formula is C27H35FN4O. The Bertz CT molecular complexity index is 1030. The molecule has 33 heavy (non-hydrogen) atoms. The van der Waals surface area contributed by atoms with Gasteiger partial charge < -0.3 is 5.32 Å². The molecule has 2 aliphatic heterocycles. The average Bonchev–Trinajstić information content (AvgIpc) is 3.00. The van der Waals surface area contributed by atoms with Crippen LogP contribution >= 0.6 is 0 Å². The number of carbonyl (C=O) groups excluding carboxylic acids is 1. The van der Waals surface area contributed by atoms with Crippen molar-refractivity contribution >= 4 is 17.6 Å². The SMILES string of the molecule is C[C@H](NC1=NC(=O)N(c2cccc(F)c2)[C@@]12CCN(Cc1ccccc1)[C@@H](C)C2)C(C)(C)C. The van der Waals surface area contributed by atoms with Gasteiger partial charge in [0.1, 0.15) is 17.2 Å². The molecule has 1 fully saturated rings. The number of aliphatic imine (C=N–C) groups is 1. The number of nitrogens with zero attached hydrogens (tertiary/aromatic N) is 3. The van der Waals surface area contributed by atoms with E-state index >= 15 is 0 Å². The summed E-state index contributed by atoms with van der Waals surface area (Å²) in [6.07, 6.45) is 1.46. The standard InChI is InChI=1S/C27H35FN4O/c1-19-17-27(14-15-31(19)18-21-10-7-6-8-11-21)24(29-20(2)26(3,4)5)30-25(33)32(27)23-13-9-12-22(28)16-23/h6-13,16,19-20H,14-15,17-18H2,1-5H3,(H,29,30,33)/t19-,20-,27+/m0/s1. The maximum Gasteiger partial charge on any atom is 0.350 e. The number of benzene rings is 2. The molecule has 0 unspecified atom stereocenters. The van der Waals surface area contributed by atoms with E-state index in [0.717, 1.165) is 25.9 Å². The summed E-state index contributed by atoms with van der Waals surface area (Å²) in [5, 5.41) is 3.58. The van der Waals surface area contributed by atoms with Crippen molar-refractivity contribution in [3.05, 3.63) is 66.0 Å². The second-order valence-corrected chi connectivity index (χ2v) is 10.6. The molecule has 1 N–H and O–H groups in total. The molecule has 2 aromatic rings. The lowest BCUT2D eigenvalue weighted by atomic mass is 9.79. The predicted molar refractivity (Wildman–Crippen MR) is 132 cm³/mol. The summed E-state index contributed by atoms with van der Waals surface area (Å²) in [7, 11) is 0. The first-order valence-corrected chi connectivity index (χ1v) is 11.8. The number of hydrogen-bond acceptors (Lipinski definition) is 3. The molecule has 2 amide bonds. The monoisotopic (exact) mass is 450 g/mol. The number of anilines is 1. The molecule has 1 spiro atoms. The van der Waals surface area contributed by atoms with Crippen molar-refractivity contribution in [2.24, 2.45) is 10.4 Å². The van der Waals surface area contributed by atoms with Gasteiger partial charge in [0.25, 0.3) is 0 Å². The van der Waals surface area contributed by atoms with Crippen molar-refractivity contribution in [1.29, 1.82) is 0 Å². The van der Waals surface area contributed by atoms with Crippen LogP contribution in [-0.4, -0.2) is 40.9 Å². The van der Waals surface area contributed by atoms with Gasteiger partial charge in [-0.2, -0.15) is 4.99 Å². The summed E-state index contributed by atoms with van der Waals surface area (Å²) >= 11 is 0. The molecule has 5 nitrogen and oxygen atoms in total. The molecule has 0 saturated carbocycles. The van der Waals surface area contributed by atoms with Crippen LogP contribution in [0.3, 0.4) is 0 Å². The maximum atomic E-state index is 14.1. The van der Waals surface area contributed by atoms with E-state index in [-0.39, 0.29) is 29.3 Å². The fourth-order valence-corrected chi connectivity index (χ4v) is 4.84. The average molecular weight is 451 g/mol. The molecule has 2 aromatic carbocycles. The van der Waals surface area contributed by atoms with E-state index in [0.29, 0.717) is 11.5 Å². The Morgan fingerprint density at radius 2 is 1.91 bits per heavy atom. The zero-order valence-electron chi connectivity index (χ0n) is 20.3. The van der Waals surface area contributed by atoms with Crippen LogP contribution in [0.15, 0.2) is 59.6 Å². The van der Waals surface area contributed by atoms with Gasteiger partial charge >= 0.3 is 6.03 Å². The van der Waals surface area contributed by atoms with Gasteiger partial charge in [-0.1, -0.05) is 57.2 Å². The van der Waals surface area contributed by atoms with Gasteiger partial charge in [0, 0.05) is 30.9 Å². The number of carbonyl (C=O) groups is 1.